The van der Waals surface area contributed by atoms with Gasteiger partial charge in [0, 0.05) is 6.42 Å². The van der Waals surface area contributed by atoms with E-state index in [0.29, 0.717) is 18.7 Å². The Morgan fingerprint density at radius 2 is 2.07 bits per heavy atom. The van der Waals surface area contributed by atoms with E-state index >= 15 is 0 Å². The number of carboxylic acids is 1. The molecule has 0 bridgehead atoms. The maximum Gasteiger partial charge on any atom is 0.340 e. The van der Waals surface area contributed by atoms with Gasteiger partial charge in [-0.3, -0.25) is 9.78 Å². The number of carbonyl (C=O) groups is 1. The summed E-state index contributed by atoms with van der Waals surface area (Å²) in [6, 6.07) is 0. The van der Waals surface area contributed by atoms with Crippen molar-refractivity contribution in [2.45, 2.75) is 33.1 Å². The Labute approximate surface area is 86.7 Å². The van der Waals surface area contributed by atoms with E-state index in [4.69, 9.17) is 5.11 Å². The van der Waals surface area contributed by atoms with Gasteiger partial charge in [0.2, 0.25) is 0 Å². The summed E-state index contributed by atoms with van der Waals surface area (Å²) >= 11 is 0. The quantitative estimate of drug-likeness (QED) is 0.664. The molecule has 6 heteroatoms. The van der Waals surface area contributed by atoms with Gasteiger partial charge in [-0.15, -0.1) is 0 Å². The van der Waals surface area contributed by atoms with Crippen molar-refractivity contribution in [1.29, 1.82) is 0 Å². The van der Waals surface area contributed by atoms with Gasteiger partial charge in [0.05, 0.1) is 5.41 Å². The Balaban J connectivity index is 2.93. The Bertz CT molecular complexity index is 389. The molecule has 1 heterocycles. The normalized spacial score (nSPS) is 11.6. The third-order valence-corrected chi connectivity index (χ3v) is 2.86. The molecule has 0 saturated carbocycles. The molecule has 0 atom stereocenters. The molecule has 1 rings (SSSR count). The molecule has 15 heavy (non-hydrogen) atoms. The molecule has 3 N–H and O–H groups in total. The molecule has 0 aliphatic rings. The second kappa shape index (κ2) is 4.29. The Morgan fingerprint density at radius 1 is 1.47 bits per heavy atom. The van der Waals surface area contributed by atoms with Crippen LogP contribution in [-0.4, -0.2) is 26.3 Å². The molecule has 1 aromatic heterocycles. The molecule has 0 aliphatic carbocycles. The van der Waals surface area contributed by atoms with Gasteiger partial charge >= 0.3 is 11.7 Å². The number of aromatic amines is 2. The van der Waals surface area contributed by atoms with Crippen LogP contribution in [0.15, 0.2) is 4.79 Å². The van der Waals surface area contributed by atoms with Crippen molar-refractivity contribution in [3.63, 3.8) is 0 Å². The summed E-state index contributed by atoms with van der Waals surface area (Å²) in [7, 11) is 0. The monoisotopic (exact) mass is 213 g/mol. The van der Waals surface area contributed by atoms with Crippen molar-refractivity contribution in [2.75, 3.05) is 0 Å². The number of aromatic nitrogens is 3. The molecule has 84 valence electrons. The van der Waals surface area contributed by atoms with Crippen molar-refractivity contribution in [1.82, 2.24) is 15.2 Å². The van der Waals surface area contributed by atoms with Crippen LogP contribution in [0.3, 0.4) is 0 Å². The summed E-state index contributed by atoms with van der Waals surface area (Å²) in [6.45, 7) is 3.64. The Hall–Kier alpha value is -1.59. The number of aliphatic carboxylic acids is 1. The number of nitrogens with zero attached hydrogens (tertiary/aromatic N) is 1. The highest BCUT2D eigenvalue weighted by Gasteiger charge is 2.35. The molecule has 0 saturated heterocycles. The lowest BCUT2D eigenvalue weighted by Gasteiger charge is -2.25. The minimum Gasteiger partial charge on any atom is -0.481 e. The van der Waals surface area contributed by atoms with Gasteiger partial charge in [-0.05, 0) is 12.8 Å². The smallest absolute Gasteiger partial charge is 0.340 e. The summed E-state index contributed by atoms with van der Waals surface area (Å²) in [5.74, 6) is -0.456. The van der Waals surface area contributed by atoms with Crippen LogP contribution in [0, 0.1) is 5.41 Å². The largest absolute Gasteiger partial charge is 0.481 e. The zero-order valence-corrected chi connectivity index (χ0v) is 8.83. The number of hydrogen-bond acceptors (Lipinski definition) is 3. The van der Waals surface area contributed by atoms with E-state index in [-0.39, 0.29) is 6.42 Å². The van der Waals surface area contributed by atoms with Crippen LogP contribution in [0.1, 0.15) is 32.5 Å². The van der Waals surface area contributed by atoms with Crippen LogP contribution in [0.25, 0.3) is 0 Å². The first kappa shape index (κ1) is 11.5. The van der Waals surface area contributed by atoms with E-state index in [1.165, 1.54) is 0 Å². The summed E-state index contributed by atoms with van der Waals surface area (Å²) in [5, 5.41) is 15.1. The van der Waals surface area contributed by atoms with E-state index in [2.05, 4.69) is 15.2 Å². The van der Waals surface area contributed by atoms with Gasteiger partial charge < -0.3 is 5.11 Å². The number of H-pyrrole nitrogens is 2. The van der Waals surface area contributed by atoms with Crippen LogP contribution < -0.4 is 5.69 Å². The third-order valence-electron chi connectivity index (χ3n) is 2.86. The lowest BCUT2D eigenvalue weighted by molar-refractivity contribution is -0.149. The maximum atomic E-state index is 11.2. The van der Waals surface area contributed by atoms with Crippen LogP contribution in [0.4, 0.5) is 0 Å². The SMILES string of the molecule is CCC(CC)(Cc1n[nH]c(=O)[nH]1)C(=O)O. The standard InChI is InChI=1S/C9H15N3O3/c1-3-9(4-2,7(13)14)5-6-10-8(15)12-11-6/h3-5H2,1-2H3,(H,13,14)(H2,10,11,12,15). The van der Waals surface area contributed by atoms with Gasteiger partial charge in [-0.1, -0.05) is 13.8 Å². The first-order valence-electron chi connectivity index (χ1n) is 4.91. The van der Waals surface area contributed by atoms with E-state index in [1.54, 1.807) is 0 Å². The summed E-state index contributed by atoms with van der Waals surface area (Å²) < 4.78 is 0. The van der Waals surface area contributed by atoms with Crippen molar-refractivity contribution >= 4 is 5.97 Å². The number of hydrogen-bond donors (Lipinski definition) is 3. The molecule has 0 spiro atoms. The van der Waals surface area contributed by atoms with Gasteiger partial charge in [0.15, 0.2) is 0 Å². The van der Waals surface area contributed by atoms with Gasteiger partial charge in [-0.25, -0.2) is 9.89 Å². The molecule has 6 nitrogen and oxygen atoms in total. The fraction of sp³-hybridized carbons (Fsp3) is 0.667. The van der Waals surface area contributed by atoms with Gasteiger partial charge in [0.1, 0.15) is 5.82 Å². The van der Waals surface area contributed by atoms with Gasteiger partial charge in [0.25, 0.3) is 0 Å². The van der Waals surface area contributed by atoms with E-state index < -0.39 is 17.1 Å². The number of carboxylic acid groups (broad SMARTS) is 1. The van der Waals surface area contributed by atoms with Crippen molar-refractivity contribution in [3.05, 3.63) is 16.3 Å². The Morgan fingerprint density at radius 3 is 2.40 bits per heavy atom. The first-order valence-corrected chi connectivity index (χ1v) is 4.91. The van der Waals surface area contributed by atoms with Gasteiger partial charge in [-0.2, -0.15) is 5.10 Å². The predicted octanol–water partition coefficient (Wildman–Crippen LogP) is 0.531. The molecule has 0 fully saturated rings. The average molecular weight is 213 g/mol. The molecule has 0 amide bonds. The van der Waals surface area contributed by atoms with Crippen LogP contribution in [0.2, 0.25) is 0 Å². The van der Waals surface area contributed by atoms with Crippen LogP contribution in [-0.2, 0) is 11.2 Å². The average Bonchev–Trinajstić information content (AvgIpc) is 2.60. The van der Waals surface area contributed by atoms with Crippen LogP contribution >= 0.6 is 0 Å². The zero-order valence-electron chi connectivity index (χ0n) is 8.83. The first-order chi connectivity index (χ1) is 7.04. The number of rotatable bonds is 5. The molecular weight excluding hydrogens is 198 g/mol. The summed E-state index contributed by atoms with van der Waals surface area (Å²) in [5.41, 5.74) is -1.24. The van der Waals surface area contributed by atoms with E-state index in [0.717, 1.165) is 0 Å². The van der Waals surface area contributed by atoms with Crippen LogP contribution in [0.5, 0.6) is 0 Å². The molecule has 0 unspecified atom stereocenters. The van der Waals surface area contributed by atoms with E-state index in [1.807, 2.05) is 13.8 Å². The van der Waals surface area contributed by atoms with Crippen molar-refractivity contribution in [2.24, 2.45) is 5.41 Å². The molecular formula is C9H15N3O3. The summed E-state index contributed by atoms with van der Waals surface area (Å²) in [6.07, 6.45) is 1.26. The summed E-state index contributed by atoms with van der Waals surface area (Å²) in [4.78, 5) is 24.4. The third kappa shape index (κ3) is 2.26. The molecule has 0 aromatic carbocycles. The van der Waals surface area contributed by atoms with Crippen molar-refractivity contribution in [3.8, 4) is 0 Å². The molecule has 0 radical (unpaired) electrons. The van der Waals surface area contributed by atoms with Crippen molar-refractivity contribution < 1.29 is 9.90 Å². The lowest BCUT2D eigenvalue weighted by Crippen LogP contribution is -2.32. The Kier molecular flexibility index (Phi) is 3.28. The zero-order chi connectivity index (χ0) is 11.5. The highest BCUT2D eigenvalue weighted by atomic mass is 16.4. The highest BCUT2D eigenvalue weighted by Crippen LogP contribution is 2.29. The molecule has 1 aromatic rings. The lowest BCUT2D eigenvalue weighted by atomic mass is 9.79. The minimum atomic E-state index is -0.851. The second-order valence-electron chi connectivity index (χ2n) is 3.59. The molecule has 0 aliphatic heterocycles. The number of nitrogens with one attached hydrogen (secondary N) is 2. The maximum absolute atomic E-state index is 11.2. The fourth-order valence-electron chi connectivity index (χ4n) is 1.59. The van der Waals surface area contributed by atoms with E-state index in [9.17, 15) is 9.59 Å². The highest BCUT2D eigenvalue weighted by molar-refractivity contribution is 5.74. The second-order valence-corrected chi connectivity index (χ2v) is 3.59. The minimum absolute atomic E-state index is 0.244. The fourth-order valence-corrected chi connectivity index (χ4v) is 1.59. The predicted molar refractivity (Wildman–Crippen MR) is 53.6 cm³/mol. The topological polar surface area (TPSA) is 98.8 Å².